The molecule has 0 unspecified atom stereocenters. The Kier molecular flexibility index (Phi) is 1.74. The molecule has 3 rings (SSSR count). The van der Waals surface area contributed by atoms with Crippen molar-refractivity contribution >= 4 is 33.6 Å². The van der Waals surface area contributed by atoms with Crippen molar-refractivity contribution in [2.75, 3.05) is 0 Å². The van der Waals surface area contributed by atoms with Crippen molar-refractivity contribution in [2.45, 2.75) is 19.8 Å². The summed E-state index contributed by atoms with van der Waals surface area (Å²) in [4.78, 5) is 0. The predicted octanol–water partition coefficient (Wildman–Crippen LogP) is 2.56. The third-order valence-electron chi connectivity index (χ3n) is 2.76. The van der Waals surface area contributed by atoms with Crippen molar-refractivity contribution in [2.24, 2.45) is 0 Å². The lowest BCUT2D eigenvalue weighted by Gasteiger charge is -1.94. The van der Waals surface area contributed by atoms with Crippen LogP contribution >= 0.6 is 11.3 Å². The molecule has 1 aliphatic rings. The Morgan fingerprint density at radius 3 is 2.93 bits per heavy atom. The first-order chi connectivity index (χ1) is 6.84. The zero-order chi connectivity index (χ0) is 9.54. The van der Waals surface area contributed by atoms with Gasteiger partial charge in [0.05, 0.1) is 0 Å². The van der Waals surface area contributed by atoms with Crippen LogP contribution in [-0.2, 0) is 0 Å². The second kappa shape index (κ2) is 2.96. The van der Waals surface area contributed by atoms with E-state index in [9.17, 15) is 0 Å². The minimum absolute atomic E-state index is 1.20. The molecule has 1 heterocycles. The summed E-state index contributed by atoms with van der Waals surface area (Å²) < 4.78 is 2.90. The largest absolute Gasteiger partial charge is 0.136 e. The second-order valence-corrected chi connectivity index (χ2v) is 4.95. The first-order valence-corrected chi connectivity index (χ1v) is 5.86. The maximum Gasteiger partial charge on any atom is 0.0357 e. The van der Waals surface area contributed by atoms with Gasteiger partial charge in [-0.2, -0.15) is 0 Å². The molecule has 0 aliphatic heterocycles. The summed E-state index contributed by atoms with van der Waals surface area (Å²) in [6.45, 7) is 2.16. The van der Waals surface area contributed by atoms with Gasteiger partial charge in [0, 0.05) is 9.23 Å². The van der Waals surface area contributed by atoms with Crippen molar-refractivity contribution in [3.05, 3.63) is 33.5 Å². The van der Waals surface area contributed by atoms with E-state index in [-0.39, 0.29) is 0 Å². The Balaban J connectivity index is 2.56. The molecule has 1 aliphatic carbocycles. The fourth-order valence-electron chi connectivity index (χ4n) is 2.05. The predicted molar refractivity (Wildman–Crippen MR) is 64.0 cm³/mol. The van der Waals surface area contributed by atoms with Gasteiger partial charge in [-0.1, -0.05) is 24.3 Å². The van der Waals surface area contributed by atoms with Gasteiger partial charge in [-0.05, 0) is 42.0 Å². The number of hydrogen-bond acceptors (Lipinski definition) is 1. The average Bonchev–Trinajstić information content (AvgIpc) is 2.54. The summed E-state index contributed by atoms with van der Waals surface area (Å²) in [5.74, 6) is 0. The highest BCUT2D eigenvalue weighted by atomic mass is 32.1. The van der Waals surface area contributed by atoms with Gasteiger partial charge in [-0.15, -0.1) is 11.3 Å². The topological polar surface area (TPSA) is 0 Å². The fourth-order valence-corrected chi connectivity index (χ4v) is 3.32. The Hall–Kier alpha value is -1.08. The van der Waals surface area contributed by atoms with E-state index in [1.807, 2.05) is 11.3 Å². The summed E-state index contributed by atoms with van der Waals surface area (Å²) >= 11 is 1.93. The molecule has 14 heavy (non-hydrogen) atoms. The number of thiophene rings is 1. The summed E-state index contributed by atoms with van der Waals surface area (Å²) in [5.41, 5.74) is 1.36. The van der Waals surface area contributed by atoms with E-state index < -0.39 is 0 Å². The summed E-state index contributed by atoms with van der Waals surface area (Å²) in [5, 5.41) is 2.91. The first kappa shape index (κ1) is 8.25. The zero-order valence-corrected chi connectivity index (χ0v) is 9.03. The van der Waals surface area contributed by atoms with Gasteiger partial charge in [0.1, 0.15) is 0 Å². The first-order valence-electron chi connectivity index (χ1n) is 5.04. The van der Waals surface area contributed by atoms with Crippen LogP contribution in [0.15, 0.2) is 18.2 Å². The number of aryl methyl sites for hydroxylation is 1. The van der Waals surface area contributed by atoms with Crippen molar-refractivity contribution in [3.63, 3.8) is 0 Å². The van der Waals surface area contributed by atoms with Gasteiger partial charge in [-0.25, -0.2) is 0 Å². The quantitative estimate of drug-likeness (QED) is 0.613. The van der Waals surface area contributed by atoms with Crippen LogP contribution in [-0.4, -0.2) is 0 Å². The van der Waals surface area contributed by atoms with Gasteiger partial charge >= 0.3 is 0 Å². The van der Waals surface area contributed by atoms with Gasteiger partial charge in [-0.3, -0.25) is 0 Å². The van der Waals surface area contributed by atoms with E-state index in [0.717, 1.165) is 0 Å². The molecule has 0 nitrogen and oxygen atoms in total. The lowest BCUT2D eigenvalue weighted by atomic mass is 10.1. The maximum atomic E-state index is 2.38. The molecule has 1 heteroatoms. The summed E-state index contributed by atoms with van der Waals surface area (Å²) in [7, 11) is 0. The SMILES string of the molecule is Cc1ccc2c3c(sc2c1)=CCCC=3. The standard InChI is InChI=1S/C13H12S/c1-9-6-7-11-10-4-2-3-5-12(10)14-13(11)8-9/h4-8H,2-3H2,1H3. The molecule has 0 fully saturated rings. The minimum atomic E-state index is 1.20. The van der Waals surface area contributed by atoms with E-state index in [2.05, 4.69) is 37.3 Å². The molecule has 1 aromatic heterocycles. The van der Waals surface area contributed by atoms with E-state index >= 15 is 0 Å². The summed E-state index contributed by atoms with van der Waals surface area (Å²) in [6.07, 6.45) is 7.16. The molecule has 2 aromatic rings. The maximum absolute atomic E-state index is 2.38. The van der Waals surface area contributed by atoms with Crippen molar-refractivity contribution in [3.8, 4) is 0 Å². The number of hydrogen-bond donors (Lipinski definition) is 0. The van der Waals surface area contributed by atoms with E-state index in [4.69, 9.17) is 0 Å². The molecule has 0 saturated heterocycles. The highest BCUT2D eigenvalue weighted by Gasteiger charge is 2.02. The molecule has 70 valence electrons. The van der Waals surface area contributed by atoms with Crippen LogP contribution in [0.4, 0.5) is 0 Å². The van der Waals surface area contributed by atoms with Gasteiger partial charge in [0.25, 0.3) is 0 Å². The smallest absolute Gasteiger partial charge is 0.0357 e. The van der Waals surface area contributed by atoms with E-state index in [0.29, 0.717) is 0 Å². The van der Waals surface area contributed by atoms with Gasteiger partial charge in [0.2, 0.25) is 0 Å². The highest BCUT2D eigenvalue weighted by molar-refractivity contribution is 7.17. The lowest BCUT2D eigenvalue weighted by Crippen LogP contribution is -2.20. The van der Waals surface area contributed by atoms with Gasteiger partial charge < -0.3 is 0 Å². The van der Waals surface area contributed by atoms with E-state index in [1.165, 1.54) is 38.2 Å². The molecular weight excluding hydrogens is 188 g/mol. The number of fused-ring (bicyclic) bond motifs is 3. The molecule has 0 amide bonds. The van der Waals surface area contributed by atoms with E-state index in [1.54, 1.807) is 0 Å². The van der Waals surface area contributed by atoms with Crippen LogP contribution in [0.3, 0.4) is 0 Å². The normalized spacial score (nSPS) is 14.6. The monoisotopic (exact) mass is 200 g/mol. The molecule has 0 spiro atoms. The molecule has 1 aromatic carbocycles. The van der Waals surface area contributed by atoms with Crippen molar-refractivity contribution in [1.29, 1.82) is 0 Å². The average molecular weight is 200 g/mol. The molecule has 0 saturated carbocycles. The third-order valence-corrected chi connectivity index (χ3v) is 3.92. The molecule has 0 bridgehead atoms. The Bertz CT molecular complexity index is 602. The number of rotatable bonds is 0. The van der Waals surface area contributed by atoms with Crippen LogP contribution in [0, 0.1) is 6.92 Å². The fraction of sp³-hybridized carbons (Fsp3) is 0.231. The zero-order valence-electron chi connectivity index (χ0n) is 8.21. The molecule has 0 radical (unpaired) electrons. The van der Waals surface area contributed by atoms with Gasteiger partial charge in [0.15, 0.2) is 0 Å². The van der Waals surface area contributed by atoms with Crippen LogP contribution in [0.5, 0.6) is 0 Å². The molecule has 0 atom stereocenters. The summed E-state index contributed by atoms with van der Waals surface area (Å²) in [6, 6.07) is 6.76. The molecule has 0 N–H and O–H groups in total. The van der Waals surface area contributed by atoms with Crippen LogP contribution < -0.4 is 9.75 Å². The van der Waals surface area contributed by atoms with Crippen molar-refractivity contribution < 1.29 is 0 Å². The molecular formula is C13H12S. The highest BCUT2D eigenvalue weighted by Crippen LogP contribution is 2.16. The second-order valence-electron chi connectivity index (χ2n) is 3.87. The number of benzene rings is 1. The Morgan fingerprint density at radius 1 is 1.14 bits per heavy atom. The minimum Gasteiger partial charge on any atom is -0.136 e. The Morgan fingerprint density at radius 2 is 2.00 bits per heavy atom. The third kappa shape index (κ3) is 1.12. The van der Waals surface area contributed by atoms with Crippen LogP contribution in [0.1, 0.15) is 18.4 Å². The lowest BCUT2D eigenvalue weighted by molar-refractivity contribution is 1.13. The van der Waals surface area contributed by atoms with Crippen molar-refractivity contribution in [1.82, 2.24) is 0 Å². The van der Waals surface area contributed by atoms with Crippen LogP contribution in [0.2, 0.25) is 0 Å². The van der Waals surface area contributed by atoms with Crippen LogP contribution in [0.25, 0.3) is 22.2 Å². The Labute approximate surface area is 87.2 Å².